The molecule has 2 N–H and O–H groups in total. The van der Waals surface area contributed by atoms with Gasteiger partial charge in [0.25, 0.3) is 0 Å². The predicted octanol–water partition coefficient (Wildman–Crippen LogP) is 1.76. The van der Waals surface area contributed by atoms with E-state index < -0.39 is 5.60 Å². The SMILES string of the molecule is CCNCC1(O)CCN(Cc2cccc(F)c2)CC1. The van der Waals surface area contributed by atoms with Crippen LogP contribution in [0, 0.1) is 5.82 Å². The van der Waals surface area contributed by atoms with Crippen molar-refractivity contribution in [2.75, 3.05) is 26.2 Å². The molecule has 1 saturated heterocycles. The lowest BCUT2D eigenvalue weighted by Crippen LogP contribution is -2.49. The topological polar surface area (TPSA) is 35.5 Å². The summed E-state index contributed by atoms with van der Waals surface area (Å²) >= 11 is 0. The summed E-state index contributed by atoms with van der Waals surface area (Å²) in [5, 5.41) is 13.6. The van der Waals surface area contributed by atoms with Gasteiger partial charge in [-0.15, -0.1) is 0 Å². The van der Waals surface area contributed by atoms with Crippen LogP contribution in [0.2, 0.25) is 0 Å². The maximum absolute atomic E-state index is 13.1. The molecule has 0 spiro atoms. The molecule has 106 valence electrons. The van der Waals surface area contributed by atoms with E-state index in [2.05, 4.69) is 10.2 Å². The largest absolute Gasteiger partial charge is 0.388 e. The van der Waals surface area contributed by atoms with Gasteiger partial charge in [0.15, 0.2) is 0 Å². The van der Waals surface area contributed by atoms with Crippen molar-refractivity contribution < 1.29 is 9.50 Å². The van der Waals surface area contributed by atoms with Crippen LogP contribution in [-0.4, -0.2) is 41.8 Å². The standard InChI is InChI=1S/C15H23FN2O/c1-2-17-12-15(19)6-8-18(9-7-15)11-13-4-3-5-14(16)10-13/h3-5,10,17,19H,2,6-9,11-12H2,1H3. The van der Waals surface area contributed by atoms with Gasteiger partial charge in [0, 0.05) is 26.2 Å². The molecule has 1 aliphatic heterocycles. The molecule has 0 amide bonds. The van der Waals surface area contributed by atoms with E-state index in [9.17, 15) is 9.50 Å². The molecule has 1 aliphatic rings. The lowest BCUT2D eigenvalue weighted by atomic mass is 9.91. The van der Waals surface area contributed by atoms with E-state index in [4.69, 9.17) is 0 Å². The molecule has 0 bridgehead atoms. The molecule has 2 rings (SSSR count). The Balaban J connectivity index is 1.83. The molecule has 3 nitrogen and oxygen atoms in total. The number of aliphatic hydroxyl groups is 1. The smallest absolute Gasteiger partial charge is 0.123 e. The molecule has 4 heteroatoms. The van der Waals surface area contributed by atoms with E-state index in [1.165, 1.54) is 6.07 Å². The quantitative estimate of drug-likeness (QED) is 0.852. The number of likely N-dealkylation sites (N-methyl/N-ethyl adjacent to an activating group) is 1. The van der Waals surface area contributed by atoms with Crippen molar-refractivity contribution in [3.05, 3.63) is 35.6 Å². The van der Waals surface area contributed by atoms with Crippen LogP contribution in [0.25, 0.3) is 0 Å². The number of halogens is 1. The highest BCUT2D eigenvalue weighted by Gasteiger charge is 2.31. The number of nitrogens with one attached hydrogen (secondary N) is 1. The third-order valence-corrected chi connectivity index (χ3v) is 3.79. The number of hydrogen-bond donors (Lipinski definition) is 2. The van der Waals surface area contributed by atoms with E-state index in [1.54, 1.807) is 12.1 Å². The highest BCUT2D eigenvalue weighted by Crippen LogP contribution is 2.22. The Morgan fingerprint density at radius 2 is 2.11 bits per heavy atom. The summed E-state index contributed by atoms with van der Waals surface area (Å²) in [4.78, 5) is 2.27. The Morgan fingerprint density at radius 3 is 2.74 bits per heavy atom. The van der Waals surface area contributed by atoms with Gasteiger partial charge in [0.2, 0.25) is 0 Å². The zero-order valence-corrected chi connectivity index (χ0v) is 11.5. The maximum atomic E-state index is 13.1. The molecule has 0 radical (unpaired) electrons. The van der Waals surface area contributed by atoms with Crippen molar-refractivity contribution >= 4 is 0 Å². The fraction of sp³-hybridized carbons (Fsp3) is 0.600. The van der Waals surface area contributed by atoms with Crippen LogP contribution >= 0.6 is 0 Å². The van der Waals surface area contributed by atoms with Crippen molar-refractivity contribution in [2.45, 2.75) is 31.9 Å². The second-order valence-corrected chi connectivity index (χ2v) is 5.41. The Bertz CT molecular complexity index is 403. The zero-order chi connectivity index (χ0) is 13.7. The molecule has 1 aromatic rings. The summed E-state index contributed by atoms with van der Waals surface area (Å²) in [5.74, 6) is -0.182. The minimum absolute atomic E-state index is 0.182. The highest BCUT2D eigenvalue weighted by molar-refractivity contribution is 5.16. The summed E-state index contributed by atoms with van der Waals surface area (Å²) in [7, 11) is 0. The summed E-state index contributed by atoms with van der Waals surface area (Å²) in [6, 6.07) is 6.74. The molecule has 1 fully saturated rings. The van der Waals surface area contributed by atoms with E-state index in [1.807, 2.05) is 13.0 Å². The van der Waals surface area contributed by atoms with Crippen LogP contribution in [-0.2, 0) is 6.54 Å². The first-order chi connectivity index (χ1) is 9.11. The van der Waals surface area contributed by atoms with Crippen molar-refractivity contribution in [2.24, 2.45) is 0 Å². The van der Waals surface area contributed by atoms with Crippen LogP contribution in [0.4, 0.5) is 4.39 Å². The van der Waals surface area contributed by atoms with Gasteiger partial charge in [0.1, 0.15) is 5.82 Å². The van der Waals surface area contributed by atoms with E-state index in [-0.39, 0.29) is 5.82 Å². The lowest BCUT2D eigenvalue weighted by Gasteiger charge is -2.38. The van der Waals surface area contributed by atoms with Gasteiger partial charge in [-0.1, -0.05) is 19.1 Å². The molecule has 1 aromatic carbocycles. The Hall–Kier alpha value is -0.970. The number of nitrogens with zero attached hydrogens (tertiary/aromatic N) is 1. The summed E-state index contributed by atoms with van der Waals surface area (Å²) in [6.45, 7) is 6.07. The summed E-state index contributed by atoms with van der Waals surface area (Å²) in [6.07, 6.45) is 1.55. The normalized spacial score (nSPS) is 19.5. The first kappa shape index (κ1) is 14.4. The Kier molecular flexibility index (Phi) is 4.91. The minimum Gasteiger partial charge on any atom is -0.388 e. The zero-order valence-electron chi connectivity index (χ0n) is 11.5. The van der Waals surface area contributed by atoms with Gasteiger partial charge in [-0.25, -0.2) is 4.39 Å². The molecule has 0 aromatic heterocycles. The van der Waals surface area contributed by atoms with E-state index >= 15 is 0 Å². The van der Waals surface area contributed by atoms with Gasteiger partial charge in [0.05, 0.1) is 5.60 Å². The van der Waals surface area contributed by atoms with Crippen molar-refractivity contribution in [1.82, 2.24) is 10.2 Å². The van der Waals surface area contributed by atoms with Crippen molar-refractivity contribution in [3.63, 3.8) is 0 Å². The fourth-order valence-electron chi connectivity index (χ4n) is 2.56. The third-order valence-electron chi connectivity index (χ3n) is 3.79. The molecule has 19 heavy (non-hydrogen) atoms. The van der Waals surface area contributed by atoms with Crippen molar-refractivity contribution in [3.8, 4) is 0 Å². The average Bonchev–Trinajstić information content (AvgIpc) is 2.40. The molecule has 0 saturated carbocycles. The Morgan fingerprint density at radius 1 is 1.37 bits per heavy atom. The number of hydrogen-bond acceptors (Lipinski definition) is 3. The number of likely N-dealkylation sites (tertiary alicyclic amines) is 1. The third kappa shape index (κ3) is 4.27. The lowest BCUT2D eigenvalue weighted by molar-refractivity contribution is -0.0213. The maximum Gasteiger partial charge on any atom is 0.123 e. The predicted molar refractivity (Wildman–Crippen MR) is 74.4 cm³/mol. The number of rotatable bonds is 5. The van der Waals surface area contributed by atoms with Crippen molar-refractivity contribution in [1.29, 1.82) is 0 Å². The second-order valence-electron chi connectivity index (χ2n) is 5.41. The highest BCUT2D eigenvalue weighted by atomic mass is 19.1. The molecule has 1 heterocycles. The fourth-order valence-corrected chi connectivity index (χ4v) is 2.56. The number of benzene rings is 1. The second kappa shape index (κ2) is 6.46. The molecule has 0 unspecified atom stereocenters. The van der Waals surface area contributed by atoms with Gasteiger partial charge in [-0.05, 0) is 37.1 Å². The molecular weight excluding hydrogens is 243 g/mol. The molecule has 0 atom stereocenters. The minimum atomic E-state index is -0.575. The van der Waals surface area contributed by atoms with Gasteiger partial charge >= 0.3 is 0 Å². The first-order valence-corrected chi connectivity index (χ1v) is 7.01. The summed E-state index contributed by atoms with van der Waals surface area (Å²) in [5.41, 5.74) is 0.422. The molecular formula is C15H23FN2O. The van der Waals surface area contributed by atoms with Gasteiger partial charge in [-0.3, -0.25) is 4.90 Å². The first-order valence-electron chi connectivity index (χ1n) is 7.01. The van der Waals surface area contributed by atoms with Crippen LogP contribution in [0.3, 0.4) is 0 Å². The van der Waals surface area contributed by atoms with Gasteiger partial charge < -0.3 is 10.4 Å². The Labute approximate surface area is 114 Å². The monoisotopic (exact) mass is 266 g/mol. The van der Waals surface area contributed by atoms with Crippen LogP contribution in [0.1, 0.15) is 25.3 Å². The van der Waals surface area contributed by atoms with E-state index in [0.29, 0.717) is 6.54 Å². The summed E-state index contributed by atoms with van der Waals surface area (Å²) < 4.78 is 13.1. The van der Waals surface area contributed by atoms with Crippen LogP contribution in [0.15, 0.2) is 24.3 Å². The van der Waals surface area contributed by atoms with Crippen LogP contribution in [0.5, 0.6) is 0 Å². The number of piperidine rings is 1. The average molecular weight is 266 g/mol. The van der Waals surface area contributed by atoms with E-state index in [0.717, 1.165) is 44.6 Å². The van der Waals surface area contributed by atoms with Crippen LogP contribution < -0.4 is 5.32 Å². The molecule has 0 aliphatic carbocycles. The van der Waals surface area contributed by atoms with Gasteiger partial charge in [-0.2, -0.15) is 0 Å².